The van der Waals surface area contributed by atoms with Gasteiger partial charge in [0.1, 0.15) is 22.8 Å². The average molecular weight is 422 g/mol. The Morgan fingerprint density at radius 3 is 2.48 bits per heavy atom. The van der Waals surface area contributed by atoms with Gasteiger partial charge in [0.05, 0.1) is 38.4 Å². The summed E-state index contributed by atoms with van der Waals surface area (Å²) in [6, 6.07) is 12.7. The van der Waals surface area contributed by atoms with E-state index in [1.165, 1.54) is 13.3 Å². The molecule has 0 saturated heterocycles. The van der Waals surface area contributed by atoms with Crippen LogP contribution in [0.1, 0.15) is 34.0 Å². The number of nitrogens with zero attached hydrogens (tertiary/aromatic N) is 1. The molecule has 8 nitrogen and oxygen atoms in total. The van der Waals surface area contributed by atoms with E-state index in [2.05, 4.69) is 5.32 Å². The molecule has 160 valence electrons. The molecule has 1 aliphatic heterocycles. The van der Waals surface area contributed by atoms with E-state index in [1.54, 1.807) is 37.0 Å². The van der Waals surface area contributed by atoms with Gasteiger partial charge in [-0.2, -0.15) is 0 Å². The lowest BCUT2D eigenvalue weighted by atomic mass is 9.88. The van der Waals surface area contributed by atoms with Gasteiger partial charge < -0.3 is 29.2 Å². The van der Waals surface area contributed by atoms with Gasteiger partial charge in [0.15, 0.2) is 0 Å². The lowest BCUT2D eigenvalue weighted by Gasteiger charge is -2.27. The van der Waals surface area contributed by atoms with Gasteiger partial charge in [-0.3, -0.25) is 4.79 Å². The van der Waals surface area contributed by atoms with Crippen LogP contribution < -0.4 is 19.5 Å². The zero-order valence-corrected chi connectivity index (χ0v) is 17.3. The first-order valence-corrected chi connectivity index (χ1v) is 9.61. The first-order chi connectivity index (χ1) is 15.0. The summed E-state index contributed by atoms with van der Waals surface area (Å²) in [5.41, 5.74) is 2.44. The van der Waals surface area contributed by atoms with Crippen molar-refractivity contribution in [3.05, 3.63) is 65.5 Å². The van der Waals surface area contributed by atoms with Crippen molar-refractivity contribution in [2.45, 2.75) is 12.3 Å². The molecule has 0 saturated carbocycles. The van der Waals surface area contributed by atoms with Crippen LogP contribution in [-0.2, 0) is 4.79 Å². The number of aromatic carboxylic acids is 1. The number of fused-ring (bicyclic) bond motifs is 1. The van der Waals surface area contributed by atoms with Crippen LogP contribution in [0.4, 0.5) is 5.69 Å². The zero-order valence-electron chi connectivity index (χ0n) is 17.3. The summed E-state index contributed by atoms with van der Waals surface area (Å²) in [5.74, 6) is 0.0202. The zero-order chi connectivity index (χ0) is 22.1. The molecule has 1 aromatic heterocycles. The van der Waals surface area contributed by atoms with Gasteiger partial charge in [0.2, 0.25) is 5.91 Å². The van der Waals surface area contributed by atoms with Gasteiger partial charge in [-0.15, -0.1) is 0 Å². The molecule has 0 aliphatic carbocycles. The molecule has 0 fully saturated rings. The van der Waals surface area contributed by atoms with Gasteiger partial charge >= 0.3 is 5.97 Å². The van der Waals surface area contributed by atoms with Crippen LogP contribution in [0.5, 0.6) is 17.2 Å². The molecular weight excluding hydrogens is 400 g/mol. The van der Waals surface area contributed by atoms with Gasteiger partial charge in [0, 0.05) is 24.6 Å². The Morgan fingerprint density at radius 2 is 1.81 bits per heavy atom. The number of rotatable bonds is 6. The van der Waals surface area contributed by atoms with Gasteiger partial charge in [0.25, 0.3) is 0 Å². The maximum Gasteiger partial charge on any atom is 0.339 e. The quantitative estimate of drug-likeness (QED) is 0.629. The largest absolute Gasteiger partial charge is 0.497 e. The molecule has 2 N–H and O–H groups in total. The van der Waals surface area contributed by atoms with Crippen LogP contribution in [0.3, 0.4) is 0 Å². The number of amides is 1. The summed E-state index contributed by atoms with van der Waals surface area (Å²) in [6.07, 6.45) is 1.68. The van der Waals surface area contributed by atoms with Gasteiger partial charge in [-0.1, -0.05) is 12.1 Å². The Hall–Kier alpha value is -3.94. The molecule has 1 atom stereocenters. The van der Waals surface area contributed by atoms with Crippen molar-refractivity contribution in [3.63, 3.8) is 0 Å². The highest BCUT2D eigenvalue weighted by molar-refractivity contribution is 6.04. The number of carboxylic acid groups (broad SMARTS) is 1. The second-order valence-electron chi connectivity index (χ2n) is 7.10. The number of anilines is 1. The summed E-state index contributed by atoms with van der Waals surface area (Å²) < 4.78 is 17.9. The Labute approximate surface area is 179 Å². The second kappa shape index (κ2) is 8.06. The topological polar surface area (TPSA) is 99.0 Å². The maximum absolute atomic E-state index is 12.5. The third-order valence-corrected chi connectivity index (χ3v) is 5.40. The summed E-state index contributed by atoms with van der Waals surface area (Å²) in [4.78, 5) is 24.5. The number of carboxylic acids is 1. The van der Waals surface area contributed by atoms with Crippen LogP contribution in [0, 0.1) is 0 Å². The Balaban J connectivity index is 1.98. The Kier molecular flexibility index (Phi) is 5.29. The number of ether oxygens (including phenoxy) is 3. The number of hydrogen-bond acceptors (Lipinski definition) is 5. The highest BCUT2D eigenvalue weighted by atomic mass is 16.5. The maximum atomic E-state index is 12.5. The summed E-state index contributed by atoms with van der Waals surface area (Å²) in [6.45, 7) is 0. The van der Waals surface area contributed by atoms with Crippen LogP contribution >= 0.6 is 0 Å². The SMILES string of the molecule is COc1cccc(C2CC(=O)Nc3c(C(=O)O)cn(-c4ccc(OC)cc4OC)c32)c1. The van der Waals surface area contributed by atoms with E-state index >= 15 is 0 Å². The predicted molar refractivity (Wildman–Crippen MR) is 114 cm³/mol. The summed E-state index contributed by atoms with van der Waals surface area (Å²) in [7, 11) is 4.67. The third-order valence-electron chi connectivity index (χ3n) is 5.40. The number of aromatic nitrogens is 1. The molecule has 8 heteroatoms. The first-order valence-electron chi connectivity index (χ1n) is 9.61. The minimum atomic E-state index is -1.13. The highest BCUT2D eigenvalue weighted by Gasteiger charge is 2.35. The van der Waals surface area contributed by atoms with E-state index in [0.717, 1.165) is 5.56 Å². The van der Waals surface area contributed by atoms with Crippen molar-refractivity contribution in [1.82, 2.24) is 4.57 Å². The molecule has 0 radical (unpaired) electrons. The van der Waals surface area contributed by atoms with Gasteiger partial charge in [-0.05, 0) is 29.8 Å². The first kappa shape index (κ1) is 20.3. The predicted octanol–water partition coefficient (Wildman–Crippen LogP) is 3.68. The van der Waals surface area contributed by atoms with Crippen LogP contribution in [0.25, 0.3) is 5.69 Å². The van der Waals surface area contributed by atoms with E-state index in [-0.39, 0.29) is 29.5 Å². The Morgan fingerprint density at radius 1 is 1.06 bits per heavy atom. The van der Waals surface area contributed by atoms with Crippen LogP contribution in [-0.4, -0.2) is 42.9 Å². The van der Waals surface area contributed by atoms with Crippen molar-refractivity contribution < 1.29 is 28.9 Å². The normalized spacial score (nSPS) is 15.1. The minimum absolute atomic E-state index is 0.00816. The van der Waals surface area contributed by atoms with Crippen molar-refractivity contribution in [1.29, 1.82) is 0 Å². The molecule has 1 aliphatic rings. The van der Waals surface area contributed by atoms with E-state index in [9.17, 15) is 14.7 Å². The van der Waals surface area contributed by atoms with Gasteiger partial charge in [-0.25, -0.2) is 4.79 Å². The fourth-order valence-corrected chi connectivity index (χ4v) is 3.95. The van der Waals surface area contributed by atoms with Crippen molar-refractivity contribution in [3.8, 4) is 22.9 Å². The standard InChI is InChI=1S/C23H22N2O6/c1-29-14-6-4-5-13(9-14)16-11-20(26)24-21-17(23(27)28)12-25(22(16)21)18-8-7-15(30-2)10-19(18)31-3/h4-10,12,16H,11H2,1-3H3,(H,24,26)(H,27,28). The fraction of sp³-hybridized carbons (Fsp3) is 0.217. The monoisotopic (exact) mass is 422 g/mol. The number of nitrogens with one attached hydrogen (secondary N) is 1. The molecule has 0 bridgehead atoms. The summed E-state index contributed by atoms with van der Waals surface area (Å²) >= 11 is 0. The molecular formula is C23H22N2O6. The van der Waals surface area contributed by atoms with Crippen molar-refractivity contribution >= 4 is 17.6 Å². The molecule has 3 aromatic rings. The number of methoxy groups -OCH3 is 3. The molecule has 4 rings (SSSR count). The number of carbonyl (C=O) groups excluding carboxylic acids is 1. The van der Waals surface area contributed by atoms with Crippen molar-refractivity contribution in [2.75, 3.05) is 26.6 Å². The number of benzene rings is 2. The lowest BCUT2D eigenvalue weighted by molar-refractivity contribution is -0.116. The highest BCUT2D eigenvalue weighted by Crippen LogP contribution is 2.43. The molecule has 31 heavy (non-hydrogen) atoms. The molecule has 1 unspecified atom stereocenters. The molecule has 2 aromatic carbocycles. The third kappa shape index (κ3) is 3.56. The van der Waals surface area contributed by atoms with E-state index in [0.29, 0.717) is 28.6 Å². The summed E-state index contributed by atoms with van der Waals surface area (Å²) in [5, 5.41) is 12.6. The average Bonchev–Trinajstić information content (AvgIpc) is 3.17. The Bertz CT molecular complexity index is 1170. The molecule has 2 heterocycles. The number of hydrogen-bond donors (Lipinski definition) is 2. The van der Waals surface area contributed by atoms with Crippen LogP contribution in [0.15, 0.2) is 48.7 Å². The van der Waals surface area contributed by atoms with Crippen LogP contribution in [0.2, 0.25) is 0 Å². The van der Waals surface area contributed by atoms with E-state index < -0.39 is 5.97 Å². The van der Waals surface area contributed by atoms with E-state index in [1.807, 2.05) is 24.3 Å². The second-order valence-corrected chi connectivity index (χ2v) is 7.10. The molecule has 1 amide bonds. The minimum Gasteiger partial charge on any atom is -0.497 e. The van der Waals surface area contributed by atoms with E-state index in [4.69, 9.17) is 14.2 Å². The smallest absolute Gasteiger partial charge is 0.339 e. The van der Waals surface area contributed by atoms with Crippen molar-refractivity contribution in [2.24, 2.45) is 0 Å². The lowest BCUT2D eigenvalue weighted by Crippen LogP contribution is -2.25. The molecule has 0 spiro atoms. The number of carbonyl (C=O) groups is 2. The fourth-order valence-electron chi connectivity index (χ4n) is 3.95.